The first kappa shape index (κ1) is 18.6. The summed E-state index contributed by atoms with van der Waals surface area (Å²) in [6.07, 6.45) is 0. The number of nitrogens with zero attached hydrogens (tertiary/aromatic N) is 1. The molecule has 0 saturated carbocycles. The minimum absolute atomic E-state index is 0.532. The third-order valence-corrected chi connectivity index (χ3v) is 4.53. The van der Waals surface area contributed by atoms with Gasteiger partial charge in [0.25, 0.3) is 0 Å². The summed E-state index contributed by atoms with van der Waals surface area (Å²) in [5.41, 5.74) is 0. The highest BCUT2D eigenvalue weighted by Crippen LogP contribution is 2.17. The van der Waals surface area contributed by atoms with Gasteiger partial charge in [-0.15, -0.1) is 11.3 Å². The molecule has 122 valence electrons. The molecule has 1 N–H and O–H groups in total. The van der Waals surface area contributed by atoms with Crippen LogP contribution in [0.15, 0.2) is 12.1 Å². The fourth-order valence-corrected chi connectivity index (χ4v) is 3.26. The maximum absolute atomic E-state index is 5.84. The van der Waals surface area contributed by atoms with Gasteiger partial charge < -0.3 is 10.1 Å². The zero-order chi connectivity index (χ0) is 15.8. The number of hydrogen-bond donors (Lipinski definition) is 1. The first-order chi connectivity index (χ1) is 9.90. The molecule has 0 spiro atoms. The summed E-state index contributed by atoms with van der Waals surface area (Å²) >= 11 is 1.85. The largest absolute Gasteiger partial charge is 0.375 e. The summed E-state index contributed by atoms with van der Waals surface area (Å²) < 4.78 is 5.84. The Morgan fingerprint density at radius 1 is 1.05 bits per heavy atom. The number of ether oxygens (including phenoxy) is 1. The maximum Gasteiger partial charge on any atom is 0.0810 e. The summed E-state index contributed by atoms with van der Waals surface area (Å²) in [6.45, 7) is 16.8. The van der Waals surface area contributed by atoms with Gasteiger partial charge in [-0.2, -0.15) is 0 Å². The van der Waals surface area contributed by atoms with Crippen molar-refractivity contribution in [3.05, 3.63) is 21.9 Å². The topological polar surface area (TPSA) is 24.5 Å². The average molecular weight is 313 g/mol. The Morgan fingerprint density at radius 2 is 1.67 bits per heavy atom. The summed E-state index contributed by atoms with van der Waals surface area (Å²) in [4.78, 5) is 5.16. The molecule has 0 bridgehead atoms. The van der Waals surface area contributed by atoms with Crippen molar-refractivity contribution in [2.45, 2.75) is 72.8 Å². The second-order valence-electron chi connectivity index (χ2n) is 6.38. The molecule has 0 unspecified atom stereocenters. The summed E-state index contributed by atoms with van der Waals surface area (Å²) in [7, 11) is 0. The normalized spacial score (nSPS) is 12.3. The highest BCUT2D eigenvalue weighted by Gasteiger charge is 2.12. The number of hydrogen-bond acceptors (Lipinski definition) is 4. The molecule has 21 heavy (non-hydrogen) atoms. The molecule has 4 heteroatoms. The quantitative estimate of drug-likeness (QED) is 0.664. The standard InChI is InChI=1S/C17H32N2OS/c1-13(2)18-11-16-7-8-17(21-16)12-20-10-9-19(14(3)4)15(5)6/h7-8,13-15,18H,9-12H2,1-6H3. The predicted molar refractivity (Wildman–Crippen MR) is 92.9 cm³/mol. The lowest BCUT2D eigenvalue weighted by atomic mass is 10.2. The van der Waals surface area contributed by atoms with Gasteiger partial charge in [0.05, 0.1) is 13.2 Å². The van der Waals surface area contributed by atoms with Crippen molar-refractivity contribution >= 4 is 11.3 Å². The van der Waals surface area contributed by atoms with Crippen molar-refractivity contribution in [1.82, 2.24) is 10.2 Å². The van der Waals surface area contributed by atoms with Gasteiger partial charge in [-0.05, 0) is 39.8 Å². The molecule has 3 nitrogen and oxygen atoms in total. The Labute approximate surface area is 134 Å². The number of rotatable bonds is 10. The van der Waals surface area contributed by atoms with Gasteiger partial charge in [0.15, 0.2) is 0 Å². The van der Waals surface area contributed by atoms with E-state index in [1.54, 1.807) is 0 Å². The molecule has 1 heterocycles. The molecule has 0 aliphatic heterocycles. The Bertz CT molecular complexity index is 380. The molecule has 0 fully saturated rings. The van der Waals surface area contributed by atoms with E-state index in [4.69, 9.17) is 4.74 Å². The van der Waals surface area contributed by atoms with Crippen LogP contribution in [0.25, 0.3) is 0 Å². The van der Waals surface area contributed by atoms with E-state index in [0.29, 0.717) is 18.1 Å². The third-order valence-electron chi connectivity index (χ3n) is 3.47. The van der Waals surface area contributed by atoms with Crippen LogP contribution in [0.3, 0.4) is 0 Å². The minimum atomic E-state index is 0.532. The molecule has 0 saturated heterocycles. The van der Waals surface area contributed by atoms with Crippen LogP contribution in [0.4, 0.5) is 0 Å². The lowest BCUT2D eigenvalue weighted by Gasteiger charge is -2.30. The summed E-state index contributed by atoms with van der Waals surface area (Å²) in [5, 5.41) is 3.45. The van der Waals surface area contributed by atoms with E-state index in [2.05, 4.69) is 63.9 Å². The van der Waals surface area contributed by atoms with E-state index in [0.717, 1.165) is 26.3 Å². The lowest BCUT2D eigenvalue weighted by molar-refractivity contribution is 0.0711. The number of thiophene rings is 1. The number of nitrogens with one attached hydrogen (secondary N) is 1. The molecule has 1 rings (SSSR count). The van der Waals surface area contributed by atoms with E-state index < -0.39 is 0 Å². The van der Waals surface area contributed by atoms with E-state index >= 15 is 0 Å². The highest BCUT2D eigenvalue weighted by molar-refractivity contribution is 7.11. The third kappa shape index (κ3) is 7.41. The molecule has 0 radical (unpaired) electrons. The van der Waals surface area contributed by atoms with E-state index in [1.807, 2.05) is 11.3 Å². The van der Waals surface area contributed by atoms with E-state index in [9.17, 15) is 0 Å². The lowest BCUT2D eigenvalue weighted by Crippen LogP contribution is -2.39. The molecule has 0 aromatic carbocycles. The van der Waals surface area contributed by atoms with Crippen LogP contribution in [-0.2, 0) is 17.9 Å². The SMILES string of the molecule is CC(C)NCc1ccc(COCCN(C(C)C)C(C)C)s1. The van der Waals surface area contributed by atoms with Crippen LogP contribution in [0.2, 0.25) is 0 Å². The van der Waals surface area contributed by atoms with Crippen molar-refractivity contribution in [2.75, 3.05) is 13.2 Å². The molecule has 0 aliphatic carbocycles. The monoisotopic (exact) mass is 312 g/mol. The molecule has 1 aromatic rings. The van der Waals surface area contributed by atoms with Gasteiger partial charge >= 0.3 is 0 Å². The first-order valence-electron chi connectivity index (χ1n) is 8.04. The molecular weight excluding hydrogens is 280 g/mol. The second-order valence-corrected chi connectivity index (χ2v) is 7.63. The van der Waals surface area contributed by atoms with Crippen LogP contribution < -0.4 is 5.32 Å². The Kier molecular flexibility index (Phi) is 8.49. The van der Waals surface area contributed by atoms with Gasteiger partial charge in [-0.25, -0.2) is 0 Å². The van der Waals surface area contributed by atoms with Crippen LogP contribution in [0.1, 0.15) is 51.3 Å². The fraction of sp³-hybridized carbons (Fsp3) is 0.765. The zero-order valence-corrected chi connectivity index (χ0v) is 15.3. The zero-order valence-electron chi connectivity index (χ0n) is 14.5. The summed E-state index contributed by atoms with van der Waals surface area (Å²) in [6, 6.07) is 6.07. The van der Waals surface area contributed by atoms with Crippen molar-refractivity contribution < 1.29 is 4.74 Å². The Balaban J connectivity index is 2.26. The molecule has 0 amide bonds. The van der Waals surface area contributed by atoms with Crippen molar-refractivity contribution in [3.63, 3.8) is 0 Å². The van der Waals surface area contributed by atoms with Gasteiger partial charge in [0.1, 0.15) is 0 Å². The Hall–Kier alpha value is -0.420. The average Bonchev–Trinajstić information content (AvgIpc) is 2.83. The molecule has 1 aromatic heterocycles. The van der Waals surface area contributed by atoms with Gasteiger partial charge in [-0.3, -0.25) is 4.90 Å². The molecular formula is C17H32N2OS. The van der Waals surface area contributed by atoms with Crippen LogP contribution >= 0.6 is 11.3 Å². The van der Waals surface area contributed by atoms with E-state index in [1.165, 1.54) is 9.75 Å². The maximum atomic E-state index is 5.84. The molecule has 0 aliphatic rings. The Morgan fingerprint density at radius 3 is 2.24 bits per heavy atom. The van der Waals surface area contributed by atoms with Gasteiger partial charge in [-0.1, -0.05) is 13.8 Å². The summed E-state index contributed by atoms with van der Waals surface area (Å²) in [5.74, 6) is 0. The van der Waals surface area contributed by atoms with Crippen LogP contribution in [-0.4, -0.2) is 36.2 Å². The molecule has 0 atom stereocenters. The van der Waals surface area contributed by atoms with Crippen molar-refractivity contribution in [1.29, 1.82) is 0 Å². The van der Waals surface area contributed by atoms with E-state index in [-0.39, 0.29) is 0 Å². The van der Waals surface area contributed by atoms with Crippen molar-refractivity contribution in [3.8, 4) is 0 Å². The minimum Gasteiger partial charge on any atom is -0.375 e. The fourth-order valence-electron chi connectivity index (χ4n) is 2.36. The highest BCUT2D eigenvalue weighted by atomic mass is 32.1. The van der Waals surface area contributed by atoms with Crippen LogP contribution in [0.5, 0.6) is 0 Å². The van der Waals surface area contributed by atoms with Crippen LogP contribution in [0, 0.1) is 0 Å². The second kappa shape index (κ2) is 9.57. The van der Waals surface area contributed by atoms with Gasteiger partial charge in [0.2, 0.25) is 0 Å². The van der Waals surface area contributed by atoms with Gasteiger partial charge in [0, 0.05) is 41.0 Å². The predicted octanol–water partition coefficient (Wildman–Crippen LogP) is 3.88. The smallest absolute Gasteiger partial charge is 0.0810 e. The van der Waals surface area contributed by atoms with Crippen molar-refractivity contribution in [2.24, 2.45) is 0 Å². The first-order valence-corrected chi connectivity index (χ1v) is 8.86.